The van der Waals surface area contributed by atoms with Gasteiger partial charge in [-0.1, -0.05) is 15.9 Å². The van der Waals surface area contributed by atoms with Gasteiger partial charge < -0.3 is 0 Å². The fraction of sp³-hybridized carbons (Fsp3) is 0. The van der Waals surface area contributed by atoms with Crippen LogP contribution in [0.25, 0.3) is 4.48 Å². The summed E-state index contributed by atoms with van der Waals surface area (Å²) in [6.45, 7) is 0. The molecule has 0 aliphatic rings. The van der Waals surface area contributed by atoms with Crippen LogP contribution in [0.1, 0.15) is 5.01 Å². The van der Waals surface area contributed by atoms with Crippen LogP contribution in [0.15, 0.2) is 16.6 Å². The summed E-state index contributed by atoms with van der Waals surface area (Å²) in [7, 11) is 0. The third kappa shape index (κ3) is 1.88. The average molecular weight is 269 g/mol. The zero-order valence-electron chi connectivity index (χ0n) is 4.34. The van der Waals surface area contributed by atoms with Crippen molar-refractivity contribution in [1.82, 2.24) is 4.98 Å². The van der Waals surface area contributed by atoms with Crippen molar-refractivity contribution in [3.05, 3.63) is 21.6 Å². The van der Waals surface area contributed by atoms with E-state index in [2.05, 4.69) is 36.8 Å². The number of thiazole rings is 1. The molecular weight excluding hydrogens is 266 g/mol. The van der Waals surface area contributed by atoms with Gasteiger partial charge in [-0.15, -0.1) is 11.3 Å². The van der Waals surface area contributed by atoms with Crippen LogP contribution in [0.5, 0.6) is 0 Å². The minimum absolute atomic E-state index is 0.984. The Morgan fingerprint density at radius 1 is 1.78 bits per heavy atom. The molecule has 0 saturated heterocycles. The lowest BCUT2D eigenvalue weighted by molar-refractivity contribution is 1.39. The van der Waals surface area contributed by atoms with Crippen LogP contribution in [-0.4, -0.2) is 4.98 Å². The molecule has 0 atom stereocenters. The molecule has 1 rings (SSSR count). The first-order valence-corrected chi connectivity index (χ1v) is 4.79. The highest BCUT2D eigenvalue weighted by Crippen LogP contribution is 2.23. The molecule has 1 nitrogen and oxygen atoms in total. The Bertz CT molecular complexity index is 205. The summed E-state index contributed by atoms with van der Waals surface area (Å²) in [5.74, 6) is 0. The van der Waals surface area contributed by atoms with E-state index in [0.29, 0.717) is 0 Å². The van der Waals surface area contributed by atoms with E-state index in [-0.39, 0.29) is 0 Å². The number of aromatic nitrogens is 1. The summed E-state index contributed by atoms with van der Waals surface area (Å²) in [5.41, 5.74) is 0. The van der Waals surface area contributed by atoms with Gasteiger partial charge in [0.25, 0.3) is 0 Å². The van der Waals surface area contributed by atoms with E-state index in [1.54, 1.807) is 22.5 Å². The molecule has 4 heteroatoms. The highest BCUT2D eigenvalue weighted by Gasteiger charge is 1.96. The first kappa shape index (κ1) is 7.44. The fourth-order valence-corrected chi connectivity index (χ4v) is 1.68. The third-order valence-electron chi connectivity index (χ3n) is 0.732. The Balaban J connectivity index is 2.90. The second-order valence-electron chi connectivity index (χ2n) is 1.29. The topological polar surface area (TPSA) is 12.9 Å². The minimum atomic E-state index is 0.984. The van der Waals surface area contributed by atoms with Gasteiger partial charge in [-0.05, 0) is 20.9 Å². The van der Waals surface area contributed by atoms with Crippen LogP contribution < -0.4 is 0 Å². The monoisotopic (exact) mass is 267 g/mol. The van der Waals surface area contributed by atoms with Crippen molar-refractivity contribution in [3.63, 3.8) is 0 Å². The summed E-state index contributed by atoms with van der Waals surface area (Å²) in [6.07, 6.45) is 1.78. The van der Waals surface area contributed by atoms with E-state index >= 15 is 0 Å². The predicted molar refractivity (Wildman–Crippen MR) is 47.9 cm³/mol. The SMILES string of the molecule is BrC=C(Br)c1nccs1. The van der Waals surface area contributed by atoms with Crippen molar-refractivity contribution >= 4 is 47.7 Å². The molecule has 1 heterocycles. The van der Waals surface area contributed by atoms with Crippen molar-refractivity contribution in [2.45, 2.75) is 0 Å². The molecule has 48 valence electrons. The van der Waals surface area contributed by atoms with Gasteiger partial charge in [0, 0.05) is 11.6 Å². The predicted octanol–water partition coefficient (Wildman–Crippen LogP) is 3.23. The fourth-order valence-electron chi connectivity index (χ4n) is 0.388. The highest BCUT2D eigenvalue weighted by atomic mass is 79.9. The lowest BCUT2D eigenvalue weighted by Crippen LogP contribution is -1.67. The second-order valence-corrected chi connectivity index (χ2v) is 3.50. The average Bonchev–Trinajstić information content (AvgIpc) is 2.37. The standard InChI is InChI=1S/C5H3Br2NS/c6-3-4(7)5-8-1-2-9-5/h1-3H. The van der Waals surface area contributed by atoms with Gasteiger partial charge in [0.15, 0.2) is 0 Å². The van der Waals surface area contributed by atoms with E-state index in [1.807, 2.05) is 5.38 Å². The number of rotatable bonds is 1. The Morgan fingerprint density at radius 3 is 3.00 bits per heavy atom. The highest BCUT2D eigenvalue weighted by molar-refractivity contribution is 9.16. The summed E-state index contributed by atoms with van der Waals surface area (Å²) in [4.78, 5) is 5.86. The quantitative estimate of drug-likeness (QED) is 0.762. The van der Waals surface area contributed by atoms with E-state index in [9.17, 15) is 0 Å². The van der Waals surface area contributed by atoms with Gasteiger partial charge >= 0.3 is 0 Å². The molecule has 0 aromatic carbocycles. The van der Waals surface area contributed by atoms with Gasteiger partial charge in [0.2, 0.25) is 0 Å². The molecule has 0 unspecified atom stereocenters. The first-order valence-electron chi connectivity index (χ1n) is 2.20. The van der Waals surface area contributed by atoms with Crippen LogP contribution in [0.2, 0.25) is 0 Å². The molecule has 0 amide bonds. The van der Waals surface area contributed by atoms with E-state index in [1.165, 1.54) is 0 Å². The molecule has 0 bridgehead atoms. The molecule has 0 fully saturated rings. The van der Waals surface area contributed by atoms with Crippen LogP contribution in [0.3, 0.4) is 0 Å². The smallest absolute Gasteiger partial charge is 0.130 e. The summed E-state index contributed by atoms with van der Waals surface area (Å²) in [5, 5.41) is 2.93. The summed E-state index contributed by atoms with van der Waals surface area (Å²) in [6, 6.07) is 0. The van der Waals surface area contributed by atoms with Gasteiger partial charge in [-0.25, -0.2) is 4.98 Å². The number of halogens is 2. The summed E-state index contributed by atoms with van der Waals surface area (Å²) >= 11 is 8.12. The maximum absolute atomic E-state index is 4.06. The maximum Gasteiger partial charge on any atom is 0.130 e. The maximum atomic E-state index is 4.06. The van der Waals surface area contributed by atoms with Gasteiger partial charge in [0.1, 0.15) is 5.01 Å². The normalized spacial score (nSPS) is 12.0. The van der Waals surface area contributed by atoms with Gasteiger partial charge in [-0.3, -0.25) is 0 Å². The summed E-state index contributed by atoms with van der Waals surface area (Å²) < 4.78 is 0.984. The number of nitrogens with zero attached hydrogens (tertiary/aromatic N) is 1. The van der Waals surface area contributed by atoms with E-state index in [0.717, 1.165) is 9.49 Å². The molecule has 1 aromatic heterocycles. The third-order valence-corrected chi connectivity index (χ3v) is 3.48. The van der Waals surface area contributed by atoms with Crippen LogP contribution in [0.4, 0.5) is 0 Å². The van der Waals surface area contributed by atoms with Crippen LogP contribution >= 0.6 is 43.2 Å². The van der Waals surface area contributed by atoms with E-state index in [4.69, 9.17) is 0 Å². The number of hydrogen-bond donors (Lipinski definition) is 0. The molecular formula is C5H3Br2NS. The largest absolute Gasteiger partial charge is 0.244 e. The minimum Gasteiger partial charge on any atom is -0.244 e. The van der Waals surface area contributed by atoms with E-state index < -0.39 is 0 Å². The van der Waals surface area contributed by atoms with Crippen molar-refractivity contribution < 1.29 is 0 Å². The molecule has 0 radical (unpaired) electrons. The molecule has 0 N–H and O–H groups in total. The Hall–Kier alpha value is 0.330. The Labute approximate surface area is 74.1 Å². The molecule has 0 spiro atoms. The van der Waals surface area contributed by atoms with Crippen LogP contribution in [0, 0.1) is 0 Å². The van der Waals surface area contributed by atoms with Crippen LogP contribution in [-0.2, 0) is 0 Å². The molecule has 0 aliphatic heterocycles. The Kier molecular flexibility index (Phi) is 2.88. The van der Waals surface area contributed by atoms with Crippen molar-refractivity contribution in [2.75, 3.05) is 0 Å². The molecule has 9 heavy (non-hydrogen) atoms. The molecule has 1 aromatic rings. The van der Waals surface area contributed by atoms with Crippen molar-refractivity contribution in [3.8, 4) is 0 Å². The first-order chi connectivity index (χ1) is 4.34. The molecule has 0 saturated carbocycles. The zero-order valence-corrected chi connectivity index (χ0v) is 8.33. The molecule has 0 aliphatic carbocycles. The Morgan fingerprint density at radius 2 is 2.56 bits per heavy atom. The zero-order chi connectivity index (χ0) is 6.69. The van der Waals surface area contributed by atoms with Gasteiger partial charge in [-0.2, -0.15) is 0 Å². The van der Waals surface area contributed by atoms with Gasteiger partial charge in [0.05, 0.1) is 4.48 Å². The second kappa shape index (κ2) is 3.49. The number of hydrogen-bond acceptors (Lipinski definition) is 2. The lowest BCUT2D eigenvalue weighted by atomic mass is 10.7. The van der Waals surface area contributed by atoms with Crippen molar-refractivity contribution in [2.24, 2.45) is 0 Å². The lowest BCUT2D eigenvalue weighted by Gasteiger charge is -1.85. The van der Waals surface area contributed by atoms with Crippen molar-refractivity contribution in [1.29, 1.82) is 0 Å².